The number of aliphatic hydroxyl groups excluding tert-OH is 1. The molecule has 2 atom stereocenters. The molecular formula is C16H25N5O2S. The van der Waals surface area contributed by atoms with Crippen molar-refractivity contribution in [2.24, 2.45) is 5.92 Å². The molecule has 0 spiro atoms. The molecule has 8 heteroatoms. The highest BCUT2D eigenvalue weighted by molar-refractivity contribution is 7.99. The Morgan fingerprint density at radius 2 is 2.33 bits per heavy atom. The van der Waals surface area contributed by atoms with Gasteiger partial charge in [0.25, 0.3) is 0 Å². The van der Waals surface area contributed by atoms with Crippen molar-refractivity contribution < 1.29 is 9.84 Å². The summed E-state index contributed by atoms with van der Waals surface area (Å²) in [7, 11) is 1.73. The second kappa shape index (κ2) is 8.15. The van der Waals surface area contributed by atoms with E-state index in [-0.39, 0.29) is 6.10 Å². The number of rotatable bonds is 8. The first kappa shape index (κ1) is 17.5. The van der Waals surface area contributed by atoms with Crippen LogP contribution in [0.15, 0.2) is 12.5 Å². The monoisotopic (exact) mass is 351 g/mol. The Hall–Kier alpha value is -1.35. The Morgan fingerprint density at radius 1 is 1.46 bits per heavy atom. The predicted molar refractivity (Wildman–Crippen MR) is 96.9 cm³/mol. The highest BCUT2D eigenvalue weighted by atomic mass is 32.2. The van der Waals surface area contributed by atoms with Gasteiger partial charge in [0.1, 0.15) is 11.8 Å². The van der Waals surface area contributed by atoms with Crippen molar-refractivity contribution in [3.8, 4) is 0 Å². The van der Waals surface area contributed by atoms with Gasteiger partial charge in [0.2, 0.25) is 0 Å². The van der Waals surface area contributed by atoms with Gasteiger partial charge in [-0.2, -0.15) is 11.8 Å². The highest BCUT2D eigenvalue weighted by Gasteiger charge is 2.31. The van der Waals surface area contributed by atoms with Crippen LogP contribution in [0.2, 0.25) is 0 Å². The van der Waals surface area contributed by atoms with E-state index in [0.717, 1.165) is 54.2 Å². The van der Waals surface area contributed by atoms with Crippen molar-refractivity contribution in [2.45, 2.75) is 19.1 Å². The lowest BCUT2D eigenvalue weighted by atomic mass is 10.1. The van der Waals surface area contributed by atoms with E-state index in [1.54, 1.807) is 7.11 Å². The lowest BCUT2D eigenvalue weighted by Crippen LogP contribution is -2.21. The average Bonchev–Trinajstić information content (AvgIpc) is 3.13. The summed E-state index contributed by atoms with van der Waals surface area (Å²) in [5.41, 5.74) is 8.62. The fourth-order valence-corrected chi connectivity index (χ4v) is 4.27. The maximum atomic E-state index is 10.3. The number of H-pyrrole nitrogens is 1. The van der Waals surface area contributed by atoms with Gasteiger partial charge in [-0.05, 0) is 17.9 Å². The zero-order valence-electron chi connectivity index (χ0n) is 13.9. The van der Waals surface area contributed by atoms with Crippen LogP contribution < -0.4 is 5.73 Å². The van der Waals surface area contributed by atoms with Crippen molar-refractivity contribution in [2.75, 3.05) is 44.0 Å². The molecule has 0 aromatic carbocycles. The molecule has 0 amide bonds. The molecule has 7 nitrogen and oxygen atoms in total. The van der Waals surface area contributed by atoms with Crippen molar-refractivity contribution in [3.63, 3.8) is 0 Å². The van der Waals surface area contributed by atoms with Gasteiger partial charge < -0.3 is 20.6 Å². The van der Waals surface area contributed by atoms with Crippen LogP contribution >= 0.6 is 11.8 Å². The number of nitrogens with two attached hydrogens (primary N) is 1. The van der Waals surface area contributed by atoms with Gasteiger partial charge in [-0.25, -0.2) is 9.97 Å². The van der Waals surface area contributed by atoms with Crippen LogP contribution in [0.4, 0.5) is 5.82 Å². The first-order valence-electron chi connectivity index (χ1n) is 8.22. The zero-order valence-corrected chi connectivity index (χ0v) is 14.8. The third-order valence-corrected chi connectivity index (χ3v) is 5.66. The number of aromatic nitrogens is 3. The number of aliphatic hydroxyl groups is 1. The largest absolute Gasteiger partial charge is 0.391 e. The van der Waals surface area contributed by atoms with Crippen LogP contribution in [0.1, 0.15) is 12.0 Å². The molecule has 24 heavy (non-hydrogen) atoms. The van der Waals surface area contributed by atoms with Crippen LogP contribution in [0.5, 0.6) is 0 Å². The third kappa shape index (κ3) is 4.00. The van der Waals surface area contributed by atoms with Gasteiger partial charge in [0.15, 0.2) is 5.82 Å². The fraction of sp³-hybridized carbons (Fsp3) is 0.625. The van der Waals surface area contributed by atoms with Gasteiger partial charge in [0.05, 0.1) is 11.6 Å². The molecule has 0 saturated carbocycles. The average molecular weight is 351 g/mol. The van der Waals surface area contributed by atoms with Crippen molar-refractivity contribution in [3.05, 3.63) is 18.1 Å². The van der Waals surface area contributed by atoms with E-state index in [1.165, 1.54) is 6.33 Å². The molecule has 2 aromatic rings. The van der Waals surface area contributed by atoms with Crippen LogP contribution in [0.3, 0.4) is 0 Å². The first-order valence-corrected chi connectivity index (χ1v) is 9.38. The summed E-state index contributed by atoms with van der Waals surface area (Å²) in [6, 6.07) is 0. The first-order chi connectivity index (χ1) is 11.7. The second-order valence-corrected chi connectivity index (χ2v) is 7.39. The third-order valence-electron chi connectivity index (χ3n) is 4.42. The molecule has 4 N–H and O–H groups in total. The van der Waals surface area contributed by atoms with E-state index in [1.807, 2.05) is 18.0 Å². The van der Waals surface area contributed by atoms with Crippen molar-refractivity contribution >= 4 is 28.6 Å². The van der Waals surface area contributed by atoms with E-state index < -0.39 is 0 Å². The lowest BCUT2D eigenvalue weighted by Gasteiger charge is -2.14. The number of methoxy groups -OCH3 is 1. The molecule has 2 aromatic heterocycles. The summed E-state index contributed by atoms with van der Waals surface area (Å²) in [6.07, 6.45) is 4.23. The van der Waals surface area contributed by atoms with Gasteiger partial charge in [-0.15, -0.1) is 0 Å². The Kier molecular flexibility index (Phi) is 5.94. The van der Waals surface area contributed by atoms with Crippen LogP contribution in [-0.4, -0.2) is 69.4 Å². The smallest absolute Gasteiger partial charge is 0.151 e. The Bertz CT molecular complexity index is 665. The number of β-amino-alcohol motifs (C(OH)–C–C–N with tert-alkyl or cyclic N) is 1. The van der Waals surface area contributed by atoms with E-state index in [9.17, 15) is 5.11 Å². The van der Waals surface area contributed by atoms with Gasteiger partial charge in [-0.3, -0.25) is 4.90 Å². The minimum atomic E-state index is -0.259. The van der Waals surface area contributed by atoms with Crippen LogP contribution in [-0.2, 0) is 11.3 Å². The SMILES string of the molecule is COCCCSC[C@H]1CN(Cc2c[nH]c3c(N)ncnc23)C[C@H]1O. The van der Waals surface area contributed by atoms with Crippen molar-refractivity contribution in [1.29, 1.82) is 0 Å². The zero-order chi connectivity index (χ0) is 16.9. The minimum Gasteiger partial charge on any atom is -0.391 e. The molecule has 0 aliphatic carbocycles. The highest BCUT2D eigenvalue weighted by Crippen LogP contribution is 2.26. The molecule has 3 rings (SSSR count). The molecule has 3 heterocycles. The summed E-state index contributed by atoms with van der Waals surface area (Å²) in [6.45, 7) is 3.18. The lowest BCUT2D eigenvalue weighted by molar-refractivity contribution is 0.149. The van der Waals surface area contributed by atoms with Gasteiger partial charge >= 0.3 is 0 Å². The van der Waals surface area contributed by atoms with Crippen molar-refractivity contribution in [1.82, 2.24) is 19.9 Å². The van der Waals surface area contributed by atoms with E-state index in [4.69, 9.17) is 10.5 Å². The van der Waals surface area contributed by atoms with Gasteiger partial charge in [0, 0.05) is 51.0 Å². The van der Waals surface area contributed by atoms with Crippen LogP contribution in [0.25, 0.3) is 11.0 Å². The number of ether oxygens (including phenoxy) is 1. The summed E-state index contributed by atoms with van der Waals surface area (Å²) in [5.74, 6) is 2.86. The van der Waals surface area contributed by atoms with Gasteiger partial charge in [-0.1, -0.05) is 0 Å². The molecular weight excluding hydrogens is 326 g/mol. The predicted octanol–water partition coefficient (Wildman–Crippen LogP) is 1.10. The summed E-state index contributed by atoms with van der Waals surface area (Å²) in [5, 5.41) is 10.3. The summed E-state index contributed by atoms with van der Waals surface area (Å²) in [4.78, 5) is 13.8. The number of nitrogens with zero attached hydrogens (tertiary/aromatic N) is 3. The molecule has 1 aliphatic heterocycles. The molecule has 132 valence electrons. The summed E-state index contributed by atoms with van der Waals surface area (Å²) >= 11 is 1.90. The molecule has 1 saturated heterocycles. The number of hydrogen-bond acceptors (Lipinski definition) is 7. The molecule has 0 radical (unpaired) electrons. The number of likely N-dealkylation sites (tertiary alicyclic amines) is 1. The van der Waals surface area contributed by atoms with Crippen LogP contribution in [0, 0.1) is 5.92 Å². The normalized spacial score (nSPS) is 21.8. The number of nitrogens with one attached hydrogen (secondary N) is 1. The molecule has 0 bridgehead atoms. The Balaban J connectivity index is 1.54. The number of nitrogen functional groups attached to an aromatic ring is 1. The number of fused-ring (bicyclic) bond motifs is 1. The quantitative estimate of drug-likeness (QED) is 0.612. The Morgan fingerprint density at radius 3 is 3.17 bits per heavy atom. The molecule has 1 aliphatic rings. The maximum Gasteiger partial charge on any atom is 0.151 e. The standard InChI is InChI=1S/C16H25N5O2S/c1-23-3-2-4-24-9-12-7-21(8-13(12)22)6-11-5-18-15-14(11)19-10-20-16(15)17/h5,10,12-13,18,22H,2-4,6-9H2,1H3,(H2,17,19,20)/t12-,13-/m1/s1. The maximum absolute atomic E-state index is 10.3. The van der Waals surface area contributed by atoms with E-state index in [2.05, 4.69) is 19.9 Å². The number of anilines is 1. The minimum absolute atomic E-state index is 0.259. The number of thioether (sulfide) groups is 1. The topological polar surface area (TPSA) is 100 Å². The number of hydrogen-bond donors (Lipinski definition) is 3. The second-order valence-electron chi connectivity index (χ2n) is 6.24. The van der Waals surface area contributed by atoms with E-state index >= 15 is 0 Å². The molecule has 1 fully saturated rings. The number of aromatic amines is 1. The summed E-state index contributed by atoms with van der Waals surface area (Å²) < 4.78 is 5.06. The Labute approximate surface area is 146 Å². The molecule has 0 unspecified atom stereocenters. The fourth-order valence-electron chi connectivity index (χ4n) is 3.15. The van der Waals surface area contributed by atoms with E-state index in [0.29, 0.717) is 18.3 Å².